The zero-order valence-electron chi connectivity index (χ0n) is 19.4. The molecule has 10 heteroatoms. The summed E-state index contributed by atoms with van der Waals surface area (Å²) in [5.41, 5.74) is 7.93. The molecule has 34 heavy (non-hydrogen) atoms. The molecule has 2 aliphatic carbocycles. The summed E-state index contributed by atoms with van der Waals surface area (Å²) in [7, 11) is 3.51. The maximum atomic E-state index is 12.5. The van der Waals surface area contributed by atoms with Crippen LogP contribution in [0.1, 0.15) is 59.1 Å². The lowest BCUT2D eigenvalue weighted by atomic mass is 9.90. The molecule has 2 aromatic heterocycles. The highest BCUT2D eigenvalue weighted by Gasteiger charge is 2.52. The normalized spacial score (nSPS) is 25.5. The summed E-state index contributed by atoms with van der Waals surface area (Å²) in [6.07, 6.45) is 3.97. The van der Waals surface area contributed by atoms with Crippen LogP contribution in [0.25, 0.3) is 0 Å². The number of carbonyl (C=O) groups excluding carboxylic acids is 1. The summed E-state index contributed by atoms with van der Waals surface area (Å²) < 4.78 is 19.4. The molecule has 4 N–H and O–H groups in total. The molecule has 0 aliphatic heterocycles. The Hall–Kier alpha value is -2.91. The molecule has 8 nitrogen and oxygen atoms in total. The van der Waals surface area contributed by atoms with Crippen LogP contribution in [0.15, 0.2) is 28.8 Å². The molecule has 1 aromatic carbocycles. The Kier molecular flexibility index (Phi) is 6.69. The van der Waals surface area contributed by atoms with E-state index in [4.69, 9.17) is 21.9 Å². The molecule has 0 radical (unpaired) electrons. The lowest BCUT2D eigenvalue weighted by Crippen LogP contribution is -2.22. The van der Waals surface area contributed by atoms with Crippen LogP contribution < -0.4 is 11.1 Å². The van der Waals surface area contributed by atoms with Crippen molar-refractivity contribution in [2.75, 3.05) is 18.1 Å². The number of fused-ring (bicyclic) bond motifs is 1. The molecule has 2 atom stereocenters. The van der Waals surface area contributed by atoms with Crippen molar-refractivity contribution < 1.29 is 18.8 Å². The third kappa shape index (κ3) is 4.54. The number of aliphatic hydroxyl groups is 1. The van der Waals surface area contributed by atoms with Crippen LogP contribution in [-0.2, 0) is 12.6 Å². The topological polar surface area (TPSA) is 119 Å². The van der Waals surface area contributed by atoms with E-state index in [1.165, 1.54) is 12.1 Å². The number of aromatic nitrogens is 3. The van der Waals surface area contributed by atoms with E-state index in [0.717, 1.165) is 36.2 Å². The van der Waals surface area contributed by atoms with E-state index in [0.29, 0.717) is 41.8 Å². The fourth-order valence-electron chi connectivity index (χ4n) is 5.32. The number of aryl methyl sites for hydroxylation is 2. The average Bonchev–Trinajstić information content (AvgIpc) is 3.54. The number of anilines is 2. The highest BCUT2D eigenvalue weighted by atomic mass is 35.5. The molecular formula is C24H29ClFN5O3. The van der Waals surface area contributed by atoms with Gasteiger partial charge in [0.05, 0.1) is 22.0 Å². The molecule has 0 saturated heterocycles. The predicted molar refractivity (Wildman–Crippen MR) is 127 cm³/mol. The van der Waals surface area contributed by atoms with E-state index >= 15 is 0 Å². The van der Waals surface area contributed by atoms with Gasteiger partial charge >= 0.3 is 0 Å². The van der Waals surface area contributed by atoms with Crippen LogP contribution in [0.4, 0.5) is 15.9 Å². The quantitative estimate of drug-likeness (QED) is 0.464. The second-order valence-corrected chi connectivity index (χ2v) is 9.67. The van der Waals surface area contributed by atoms with Crippen molar-refractivity contribution in [3.05, 3.63) is 57.8 Å². The average molecular weight is 490 g/mol. The molecule has 182 valence electrons. The van der Waals surface area contributed by atoms with Crippen LogP contribution in [0.3, 0.4) is 0 Å². The maximum Gasteiger partial charge on any atom is 0.168 e. The van der Waals surface area contributed by atoms with Crippen molar-refractivity contribution in [3.8, 4) is 0 Å². The van der Waals surface area contributed by atoms with Crippen molar-refractivity contribution in [2.45, 2.75) is 44.1 Å². The highest BCUT2D eigenvalue weighted by Crippen LogP contribution is 2.57. The van der Waals surface area contributed by atoms with Crippen molar-refractivity contribution in [2.24, 2.45) is 18.9 Å². The number of nitrogens with zero attached hydrogens (tertiary/aromatic N) is 3. The number of aldehydes is 1. The first-order valence-electron chi connectivity index (χ1n) is 11.2. The molecule has 0 amide bonds. The molecule has 3 aromatic rings. The largest absolute Gasteiger partial charge is 0.388 e. The summed E-state index contributed by atoms with van der Waals surface area (Å²) >= 11 is 5.48. The van der Waals surface area contributed by atoms with Gasteiger partial charge in [-0.2, -0.15) is 5.10 Å². The number of nitrogen functional groups attached to an aromatic ring is 1. The van der Waals surface area contributed by atoms with Gasteiger partial charge in [0.25, 0.3) is 0 Å². The Bertz CT molecular complexity index is 1180. The van der Waals surface area contributed by atoms with Crippen LogP contribution in [0.5, 0.6) is 0 Å². The monoisotopic (exact) mass is 489 g/mol. The summed E-state index contributed by atoms with van der Waals surface area (Å²) in [5, 5.41) is 22.3. The van der Waals surface area contributed by atoms with Gasteiger partial charge in [0.1, 0.15) is 17.2 Å². The van der Waals surface area contributed by atoms with Crippen LogP contribution in [-0.4, -0.2) is 33.4 Å². The summed E-state index contributed by atoms with van der Waals surface area (Å²) in [6, 6.07) is 6.31. The minimum absolute atomic E-state index is 0.145. The fourth-order valence-corrected chi connectivity index (χ4v) is 5.50. The zero-order chi connectivity index (χ0) is 24.6. The first-order chi connectivity index (χ1) is 16.1. The molecule has 2 fully saturated rings. The van der Waals surface area contributed by atoms with Crippen molar-refractivity contribution in [1.82, 2.24) is 14.9 Å². The number of hydrogen-bond acceptors (Lipinski definition) is 7. The summed E-state index contributed by atoms with van der Waals surface area (Å²) in [4.78, 5) is 11.4. The number of halogens is 2. The zero-order valence-corrected chi connectivity index (χ0v) is 20.1. The SMILES string of the molecule is CNc1ccc(F)c(Cl)c1.Cc1cc(C2(O)CC3CC(c4nn(C)c(N)c4C=O)CC3C2)on1. The van der Waals surface area contributed by atoms with Crippen molar-refractivity contribution >= 4 is 29.4 Å². The smallest absolute Gasteiger partial charge is 0.168 e. The second kappa shape index (κ2) is 9.38. The van der Waals surface area contributed by atoms with Gasteiger partial charge in [-0.1, -0.05) is 16.8 Å². The van der Waals surface area contributed by atoms with E-state index in [-0.39, 0.29) is 16.8 Å². The number of nitrogens with two attached hydrogens (primary N) is 1. The summed E-state index contributed by atoms with van der Waals surface area (Å²) in [6.45, 7) is 1.86. The Morgan fingerprint density at radius 1 is 1.32 bits per heavy atom. The molecule has 2 unspecified atom stereocenters. The third-order valence-corrected chi connectivity index (χ3v) is 7.29. The number of carbonyl (C=O) groups is 1. The number of benzene rings is 1. The first-order valence-corrected chi connectivity index (χ1v) is 11.6. The highest BCUT2D eigenvalue weighted by molar-refractivity contribution is 6.31. The molecule has 0 bridgehead atoms. The van der Waals surface area contributed by atoms with Gasteiger partial charge in [-0.05, 0) is 62.6 Å². The van der Waals surface area contributed by atoms with Gasteiger partial charge in [0.15, 0.2) is 12.0 Å². The van der Waals surface area contributed by atoms with Gasteiger partial charge in [-0.25, -0.2) is 4.39 Å². The van der Waals surface area contributed by atoms with E-state index in [1.54, 1.807) is 24.8 Å². The van der Waals surface area contributed by atoms with Gasteiger partial charge in [0, 0.05) is 31.8 Å². The van der Waals surface area contributed by atoms with Gasteiger partial charge < -0.3 is 20.7 Å². The van der Waals surface area contributed by atoms with Crippen molar-refractivity contribution in [1.29, 1.82) is 0 Å². The van der Waals surface area contributed by atoms with E-state index in [2.05, 4.69) is 15.6 Å². The molecule has 5 rings (SSSR count). The number of nitrogens with one attached hydrogen (secondary N) is 1. The fraction of sp³-hybridized carbons (Fsp3) is 0.458. The van der Waals surface area contributed by atoms with Crippen molar-refractivity contribution in [3.63, 3.8) is 0 Å². The van der Waals surface area contributed by atoms with E-state index < -0.39 is 5.60 Å². The third-order valence-electron chi connectivity index (χ3n) is 7.00. The maximum absolute atomic E-state index is 12.5. The standard InChI is InChI=1S/C17H22N4O3.C7H7ClFN/c1-9-3-14(24-20-9)17(23)6-11-4-10(5-12(11)7-17)15-13(8-22)16(18)21(2)19-15;1-10-5-2-3-7(9)6(8)4-5/h3,8,10-12,23H,4-7,18H2,1-2H3;2-4,10H,1H3. The second-order valence-electron chi connectivity index (χ2n) is 9.27. The Balaban J connectivity index is 0.000000231. The minimum Gasteiger partial charge on any atom is -0.388 e. The van der Waals surface area contributed by atoms with E-state index in [1.807, 2.05) is 13.0 Å². The Morgan fingerprint density at radius 3 is 2.53 bits per heavy atom. The molecule has 0 spiro atoms. The first kappa shape index (κ1) is 24.2. The number of rotatable bonds is 4. The lowest BCUT2D eigenvalue weighted by molar-refractivity contribution is 0.00752. The molecule has 2 heterocycles. The Morgan fingerprint density at radius 2 is 2.00 bits per heavy atom. The van der Waals surface area contributed by atoms with Gasteiger partial charge in [0.2, 0.25) is 0 Å². The molecular weight excluding hydrogens is 461 g/mol. The van der Waals surface area contributed by atoms with Crippen LogP contribution in [0, 0.1) is 24.6 Å². The lowest BCUT2D eigenvalue weighted by Gasteiger charge is -2.21. The van der Waals surface area contributed by atoms with Crippen LogP contribution in [0.2, 0.25) is 5.02 Å². The predicted octanol–water partition coefficient (Wildman–Crippen LogP) is 4.42. The number of hydrogen-bond donors (Lipinski definition) is 3. The van der Waals surface area contributed by atoms with Gasteiger partial charge in [-0.15, -0.1) is 0 Å². The minimum atomic E-state index is -0.918. The Labute approximate surface area is 202 Å². The van der Waals surface area contributed by atoms with Crippen LogP contribution >= 0.6 is 11.6 Å². The molecule has 2 saturated carbocycles. The molecule has 2 aliphatic rings. The summed E-state index contributed by atoms with van der Waals surface area (Å²) in [5.74, 6) is 1.62. The van der Waals surface area contributed by atoms with E-state index in [9.17, 15) is 14.3 Å². The van der Waals surface area contributed by atoms with Gasteiger partial charge in [-0.3, -0.25) is 9.48 Å².